The van der Waals surface area contributed by atoms with Crippen LogP contribution >= 0.6 is 22.9 Å². The lowest BCUT2D eigenvalue weighted by atomic mass is 10.1. The largest absolute Gasteiger partial charge is 0.397 e. The van der Waals surface area contributed by atoms with Crippen molar-refractivity contribution in [3.63, 3.8) is 0 Å². The summed E-state index contributed by atoms with van der Waals surface area (Å²) < 4.78 is 0.961. The van der Waals surface area contributed by atoms with Crippen LogP contribution in [0.4, 0.5) is 5.69 Å². The number of benzene rings is 1. The predicted octanol–water partition coefficient (Wildman–Crippen LogP) is 3.93. The highest BCUT2D eigenvalue weighted by Crippen LogP contribution is 2.36. The first-order valence-electron chi connectivity index (χ1n) is 6.48. The van der Waals surface area contributed by atoms with Crippen molar-refractivity contribution in [1.82, 2.24) is 4.90 Å². The molecule has 2 heterocycles. The molecule has 0 unspecified atom stereocenters. The maximum Gasteiger partial charge on any atom is 0.266 e. The number of amides is 1. The van der Waals surface area contributed by atoms with E-state index in [9.17, 15) is 4.79 Å². The number of anilines is 1. The number of hydrogen-bond acceptors (Lipinski definition) is 3. The van der Waals surface area contributed by atoms with Crippen molar-refractivity contribution in [3.05, 3.63) is 39.7 Å². The van der Waals surface area contributed by atoms with Crippen LogP contribution in [0, 0.1) is 0 Å². The van der Waals surface area contributed by atoms with E-state index in [1.165, 1.54) is 16.9 Å². The van der Waals surface area contributed by atoms with Gasteiger partial charge in [-0.05, 0) is 31.5 Å². The summed E-state index contributed by atoms with van der Waals surface area (Å²) in [5.74, 6) is 0.0206. The molecule has 104 valence electrons. The van der Waals surface area contributed by atoms with Gasteiger partial charge in [0.25, 0.3) is 5.91 Å². The maximum absolute atomic E-state index is 12.6. The van der Waals surface area contributed by atoms with Crippen LogP contribution in [-0.2, 0) is 0 Å². The van der Waals surface area contributed by atoms with E-state index in [-0.39, 0.29) is 5.91 Å². The first-order chi connectivity index (χ1) is 9.56. The summed E-state index contributed by atoms with van der Waals surface area (Å²) in [6.07, 6.45) is 3.09. The number of nitrogens with zero attached hydrogens (tertiary/aromatic N) is 1. The van der Waals surface area contributed by atoms with Gasteiger partial charge in [0.15, 0.2) is 0 Å². The zero-order valence-corrected chi connectivity index (χ0v) is 12.7. The van der Waals surface area contributed by atoms with Crippen LogP contribution in [-0.4, -0.2) is 23.9 Å². The van der Waals surface area contributed by atoms with E-state index in [0.29, 0.717) is 22.1 Å². The summed E-state index contributed by atoms with van der Waals surface area (Å²) in [6.45, 7) is 3.49. The van der Waals surface area contributed by atoms with E-state index in [1.807, 2.05) is 24.0 Å². The van der Waals surface area contributed by atoms with Gasteiger partial charge in [0, 0.05) is 28.2 Å². The zero-order chi connectivity index (χ0) is 14.3. The van der Waals surface area contributed by atoms with E-state index < -0.39 is 0 Å². The van der Waals surface area contributed by atoms with Gasteiger partial charge in [0.1, 0.15) is 4.88 Å². The van der Waals surface area contributed by atoms with Crippen molar-refractivity contribution in [2.45, 2.75) is 13.3 Å². The molecule has 0 saturated heterocycles. The van der Waals surface area contributed by atoms with Crippen LogP contribution < -0.4 is 5.73 Å². The summed E-state index contributed by atoms with van der Waals surface area (Å²) in [5, 5.41) is 1.57. The summed E-state index contributed by atoms with van der Waals surface area (Å²) in [6, 6.07) is 5.53. The molecule has 0 spiro atoms. The third-order valence-corrected chi connectivity index (χ3v) is 4.90. The van der Waals surface area contributed by atoms with Gasteiger partial charge in [0.05, 0.1) is 5.69 Å². The number of carbonyl (C=O) groups excluding carboxylic acids is 1. The van der Waals surface area contributed by atoms with Crippen molar-refractivity contribution in [1.29, 1.82) is 0 Å². The molecule has 1 aliphatic rings. The third kappa shape index (κ3) is 2.30. The van der Waals surface area contributed by atoms with Gasteiger partial charge in [-0.1, -0.05) is 23.3 Å². The predicted molar refractivity (Wildman–Crippen MR) is 85.5 cm³/mol. The minimum absolute atomic E-state index is 0.0206. The van der Waals surface area contributed by atoms with Crippen LogP contribution in [0.5, 0.6) is 0 Å². The highest BCUT2D eigenvalue weighted by molar-refractivity contribution is 7.21. The van der Waals surface area contributed by atoms with Gasteiger partial charge in [-0.3, -0.25) is 4.79 Å². The molecule has 0 bridgehead atoms. The van der Waals surface area contributed by atoms with Crippen LogP contribution in [0.25, 0.3) is 10.1 Å². The molecule has 1 aliphatic heterocycles. The average molecular weight is 307 g/mol. The molecule has 2 aromatic rings. The van der Waals surface area contributed by atoms with Crippen molar-refractivity contribution in [2.24, 2.45) is 0 Å². The van der Waals surface area contributed by atoms with Gasteiger partial charge in [0.2, 0.25) is 0 Å². The molecule has 1 amide bonds. The molecule has 0 aliphatic carbocycles. The standard InChI is InChI=1S/C15H15ClN2OS/c1-9-3-2-6-18(8-9)15(19)14-13(17)11-5-4-10(16)7-12(11)20-14/h3-5,7H,2,6,8,17H2,1H3. The number of halogens is 1. The Morgan fingerprint density at radius 2 is 2.25 bits per heavy atom. The second kappa shape index (κ2) is 5.11. The molecule has 5 heteroatoms. The Morgan fingerprint density at radius 1 is 1.45 bits per heavy atom. The average Bonchev–Trinajstić information content (AvgIpc) is 2.74. The number of nitrogens with two attached hydrogens (primary N) is 1. The minimum Gasteiger partial charge on any atom is -0.397 e. The lowest BCUT2D eigenvalue weighted by Crippen LogP contribution is -2.35. The molecule has 3 nitrogen and oxygen atoms in total. The van der Waals surface area contributed by atoms with Gasteiger partial charge in [-0.25, -0.2) is 0 Å². The van der Waals surface area contributed by atoms with Gasteiger partial charge in [-0.2, -0.15) is 0 Å². The maximum atomic E-state index is 12.6. The molecule has 3 rings (SSSR count). The molecular formula is C15H15ClN2OS. The van der Waals surface area contributed by atoms with Crippen molar-refractivity contribution < 1.29 is 4.79 Å². The Morgan fingerprint density at radius 3 is 3.00 bits per heavy atom. The summed E-state index contributed by atoms with van der Waals surface area (Å²) in [7, 11) is 0. The van der Waals surface area contributed by atoms with Gasteiger partial charge >= 0.3 is 0 Å². The smallest absolute Gasteiger partial charge is 0.266 e. The van der Waals surface area contributed by atoms with E-state index >= 15 is 0 Å². The van der Waals surface area contributed by atoms with Gasteiger partial charge in [-0.15, -0.1) is 11.3 Å². The zero-order valence-electron chi connectivity index (χ0n) is 11.1. The van der Waals surface area contributed by atoms with Crippen LogP contribution in [0.15, 0.2) is 29.8 Å². The lowest BCUT2D eigenvalue weighted by molar-refractivity contribution is 0.0772. The topological polar surface area (TPSA) is 46.3 Å². The fraction of sp³-hybridized carbons (Fsp3) is 0.267. The van der Waals surface area contributed by atoms with Gasteiger partial charge < -0.3 is 10.6 Å². The molecule has 0 saturated carbocycles. The fourth-order valence-corrected chi connectivity index (χ4v) is 3.84. The summed E-state index contributed by atoms with van der Waals surface area (Å²) in [4.78, 5) is 15.1. The van der Waals surface area contributed by atoms with Crippen LogP contribution in [0.2, 0.25) is 5.02 Å². The first kappa shape index (κ1) is 13.5. The van der Waals surface area contributed by atoms with Crippen molar-refractivity contribution in [2.75, 3.05) is 18.8 Å². The highest BCUT2D eigenvalue weighted by Gasteiger charge is 2.23. The molecule has 0 fully saturated rings. The van der Waals surface area contributed by atoms with Crippen molar-refractivity contribution >= 4 is 44.6 Å². The number of thiophene rings is 1. The number of hydrogen-bond donors (Lipinski definition) is 1. The first-order valence-corrected chi connectivity index (χ1v) is 7.68. The molecule has 1 aromatic heterocycles. The SMILES string of the molecule is CC1=CCCN(C(=O)c2sc3cc(Cl)ccc3c2N)C1. The third-order valence-electron chi connectivity index (χ3n) is 3.50. The van der Waals surface area contributed by atoms with E-state index in [0.717, 1.165) is 23.1 Å². The fourth-order valence-electron chi connectivity index (χ4n) is 2.48. The second-order valence-electron chi connectivity index (χ2n) is 5.05. The Kier molecular flexibility index (Phi) is 3.44. The van der Waals surface area contributed by atoms with Crippen LogP contribution in [0.1, 0.15) is 23.0 Å². The van der Waals surface area contributed by atoms with Crippen molar-refractivity contribution in [3.8, 4) is 0 Å². The van der Waals surface area contributed by atoms with E-state index in [2.05, 4.69) is 6.08 Å². The molecule has 1 aromatic carbocycles. The molecule has 2 N–H and O–H groups in total. The Bertz CT molecular complexity index is 720. The number of rotatable bonds is 1. The number of carbonyl (C=O) groups is 1. The molecule has 20 heavy (non-hydrogen) atoms. The second-order valence-corrected chi connectivity index (χ2v) is 6.54. The van der Waals surface area contributed by atoms with E-state index in [1.54, 1.807) is 6.07 Å². The number of fused-ring (bicyclic) bond motifs is 1. The van der Waals surface area contributed by atoms with E-state index in [4.69, 9.17) is 17.3 Å². The quantitative estimate of drug-likeness (QED) is 0.811. The highest BCUT2D eigenvalue weighted by atomic mass is 35.5. The number of nitrogen functional groups attached to an aromatic ring is 1. The Hall–Kier alpha value is -1.52. The molecular weight excluding hydrogens is 292 g/mol. The van der Waals surface area contributed by atoms with Crippen LogP contribution in [0.3, 0.4) is 0 Å². The Labute approximate surface area is 126 Å². The Balaban J connectivity index is 1.99. The normalized spacial score (nSPS) is 15.5. The molecule has 0 radical (unpaired) electrons. The lowest BCUT2D eigenvalue weighted by Gasteiger charge is -2.25. The minimum atomic E-state index is 0.0206. The summed E-state index contributed by atoms with van der Waals surface area (Å²) in [5.41, 5.74) is 7.93. The monoisotopic (exact) mass is 306 g/mol. The summed E-state index contributed by atoms with van der Waals surface area (Å²) >= 11 is 7.41. The molecule has 0 atom stereocenters.